The SMILES string of the molecule is CCCNC(=O)c1c(-c2ccccc2)c(-c2ccccc2)nn(CC)c1=O. The van der Waals surface area contributed by atoms with Crippen LogP contribution in [0.1, 0.15) is 30.6 Å². The summed E-state index contributed by atoms with van der Waals surface area (Å²) in [6, 6.07) is 19.1. The van der Waals surface area contributed by atoms with E-state index < -0.39 is 0 Å². The van der Waals surface area contributed by atoms with E-state index in [1.165, 1.54) is 4.68 Å². The van der Waals surface area contributed by atoms with Gasteiger partial charge in [-0.2, -0.15) is 5.10 Å². The molecule has 0 unspecified atom stereocenters. The van der Waals surface area contributed by atoms with Crippen molar-refractivity contribution in [2.75, 3.05) is 6.54 Å². The lowest BCUT2D eigenvalue weighted by Gasteiger charge is -2.16. The summed E-state index contributed by atoms with van der Waals surface area (Å²) in [7, 11) is 0. The molecule has 0 aliphatic rings. The highest BCUT2D eigenvalue weighted by molar-refractivity contribution is 6.03. The van der Waals surface area contributed by atoms with Gasteiger partial charge in [0.05, 0.1) is 5.69 Å². The van der Waals surface area contributed by atoms with Crippen molar-refractivity contribution < 1.29 is 4.79 Å². The fourth-order valence-corrected chi connectivity index (χ4v) is 3.01. The molecule has 0 saturated heterocycles. The van der Waals surface area contributed by atoms with Crippen molar-refractivity contribution in [2.24, 2.45) is 0 Å². The average molecular weight is 361 g/mol. The standard InChI is InChI=1S/C22H23N3O2/c1-3-15-23-21(26)19-18(16-11-7-5-8-12-16)20(17-13-9-6-10-14-17)24-25(4-2)22(19)27/h5-14H,3-4,15H2,1-2H3,(H,23,26). The number of nitrogens with zero attached hydrogens (tertiary/aromatic N) is 2. The van der Waals surface area contributed by atoms with Crippen LogP contribution in [-0.2, 0) is 6.54 Å². The van der Waals surface area contributed by atoms with Crippen LogP contribution in [0.25, 0.3) is 22.4 Å². The number of hydrogen-bond acceptors (Lipinski definition) is 3. The van der Waals surface area contributed by atoms with Gasteiger partial charge in [-0.3, -0.25) is 9.59 Å². The van der Waals surface area contributed by atoms with Crippen molar-refractivity contribution in [1.29, 1.82) is 0 Å². The molecule has 0 bridgehead atoms. The van der Waals surface area contributed by atoms with Crippen molar-refractivity contribution in [2.45, 2.75) is 26.8 Å². The summed E-state index contributed by atoms with van der Waals surface area (Å²) in [6.07, 6.45) is 0.797. The third kappa shape index (κ3) is 3.82. The normalized spacial score (nSPS) is 10.6. The zero-order valence-electron chi connectivity index (χ0n) is 15.6. The maximum absolute atomic E-state index is 13.0. The minimum absolute atomic E-state index is 0.144. The number of amides is 1. The van der Waals surface area contributed by atoms with Crippen LogP contribution in [0.3, 0.4) is 0 Å². The van der Waals surface area contributed by atoms with Gasteiger partial charge < -0.3 is 5.32 Å². The molecule has 0 fully saturated rings. The molecular weight excluding hydrogens is 338 g/mol. The first-order valence-corrected chi connectivity index (χ1v) is 9.21. The molecule has 0 aliphatic heterocycles. The van der Waals surface area contributed by atoms with Gasteiger partial charge in [0.1, 0.15) is 5.56 Å². The van der Waals surface area contributed by atoms with E-state index in [0.717, 1.165) is 17.5 Å². The minimum Gasteiger partial charge on any atom is -0.352 e. The van der Waals surface area contributed by atoms with Gasteiger partial charge in [0.2, 0.25) is 0 Å². The summed E-state index contributed by atoms with van der Waals surface area (Å²) in [6.45, 7) is 4.73. The van der Waals surface area contributed by atoms with Gasteiger partial charge in [-0.05, 0) is 18.9 Å². The monoisotopic (exact) mass is 361 g/mol. The highest BCUT2D eigenvalue weighted by Crippen LogP contribution is 2.31. The van der Waals surface area contributed by atoms with Crippen molar-refractivity contribution in [3.63, 3.8) is 0 Å². The molecule has 3 rings (SSSR count). The number of benzene rings is 2. The second-order valence-corrected chi connectivity index (χ2v) is 6.21. The molecule has 1 amide bonds. The maximum atomic E-state index is 13.0. The Morgan fingerprint density at radius 2 is 1.56 bits per heavy atom. The number of carbonyl (C=O) groups is 1. The molecule has 0 radical (unpaired) electrons. The molecule has 0 saturated carbocycles. The third-order valence-corrected chi connectivity index (χ3v) is 4.33. The van der Waals surface area contributed by atoms with E-state index in [9.17, 15) is 9.59 Å². The Morgan fingerprint density at radius 3 is 2.11 bits per heavy atom. The van der Waals surface area contributed by atoms with Crippen LogP contribution in [-0.4, -0.2) is 22.2 Å². The number of aryl methyl sites for hydroxylation is 1. The Bertz CT molecular complexity index is 980. The molecule has 2 aromatic carbocycles. The summed E-state index contributed by atoms with van der Waals surface area (Å²) >= 11 is 0. The third-order valence-electron chi connectivity index (χ3n) is 4.33. The Morgan fingerprint density at radius 1 is 0.963 bits per heavy atom. The molecule has 138 valence electrons. The summed E-state index contributed by atoms with van der Waals surface area (Å²) in [5, 5.41) is 7.43. The molecule has 5 heteroatoms. The smallest absolute Gasteiger partial charge is 0.280 e. The lowest BCUT2D eigenvalue weighted by molar-refractivity contribution is 0.0952. The van der Waals surface area contributed by atoms with Crippen LogP contribution < -0.4 is 10.9 Å². The Kier molecular flexibility index (Phi) is 5.81. The first-order valence-electron chi connectivity index (χ1n) is 9.21. The number of nitrogens with one attached hydrogen (secondary N) is 1. The van der Waals surface area contributed by atoms with E-state index in [1.807, 2.05) is 74.5 Å². The van der Waals surface area contributed by atoms with Crippen molar-refractivity contribution >= 4 is 5.91 Å². The second kappa shape index (κ2) is 8.45. The number of hydrogen-bond donors (Lipinski definition) is 1. The van der Waals surface area contributed by atoms with Gasteiger partial charge >= 0.3 is 0 Å². The number of aromatic nitrogens is 2. The average Bonchev–Trinajstić information content (AvgIpc) is 2.72. The topological polar surface area (TPSA) is 64.0 Å². The zero-order chi connectivity index (χ0) is 19.2. The van der Waals surface area contributed by atoms with Crippen molar-refractivity contribution in [1.82, 2.24) is 15.1 Å². The fourth-order valence-electron chi connectivity index (χ4n) is 3.01. The first kappa shape index (κ1) is 18.6. The first-order chi connectivity index (χ1) is 13.2. The van der Waals surface area contributed by atoms with Gasteiger partial charge in [0.15, 0.2) is 0 Å². The fraction of sp³-hybridized carbons (Fsp3) is 0.227. The predicted octanol–water partition coefficient (Wildman–Crippen LogP) is 3.74. The zero-order valence-corrected chi connectivity index (χ0v) is 15.6. The van der Waals surface area contributed by atoms with Crippen LogP contribution in [0.2, 0.25) is 0 Å². The molecule has 1 N–H and O–H groups in total. The van der Waals surface area contributed by atoms with Gasteiger partial charge in [0.25, 0.3) is 11.5 Å². The molecule has 27 heavy (non-hydrogen) atoms. The van der Waals surface area contributed by atoms with E-state index in [4.69, 9.17) is 0 Å². The van der Waals surface area contributed by atoms with Crippen LogP contribution in [0, 0.1) is 0 Å². The largest absolute Gasteiger partial charge is 0.352 e. The van der Waals surface area contributed by atoms with Gasteiger partial charge in [-0.1, -0.05) is 67.6 Å². The molecule has 5 nitrogen and oxygen atoms in total. The lowest BCUT2D eigenvalue weighted by atomic mass is 9.95. The van der Waals surface area contributed by atoms with E-state index in [0.29, 0.717) is 24.3 Å². The number of rotatable bonds is 6. The summed E-state index contributed by atoms with van der Waals surface area (Å²) in [5.41, 5.74) is 2.64. The molecule has 0 aliphatic carbocycles. The van der Waals surface area contributed by atoms with Crippen LogP contribution in [0.5, 0.6) is 0 Å². The Labute approximate surface area is 158 Å². The van der Waals surface area contributed by atoms with E-state index in [1.54, 1.807) is 0 Å². The lowest BCUT2D eigenvalue weighted by Crippen LogP contribution is -2.35. The highest BCUT2D eigenvalue weighted by Gasteiger charge is 2.24. The van der Waals surface area contributed by atoms with Crippen LogP contribution >= 0.6 is 0 Å². The predicted molar refractivity (Wildman–Crippen MR) is 108 cm³/mol. The summed E-state index contributed by atoms with van der Waals surface area (Å²) < 4.78 is 1.36. The van der Waals surface area contributed by atoms with E-state index in [-0.39, 0.29) is 17.0 Å². The van der Waals surface area contributed by atoms with E-state index >= 15 is 0 Å². The molecular formula is C22H23N3O2. The van der Waals surface area contributed by atoms with Gasteiger partial charge in [-0.15, -0.1) is 0 Å². The maximum Gasteiger partial charge on any atom is 0.280 e. The molecule has 0 spiro atoms. The Hall–Kier alpha value is -3.21. The Balaban J connectivity index is 2.36. The molecule has 1 aromatic heterocycles. The van der Waals surface area contributed by atoms with Gasteiger partial charge in [-0.25, -0.2) is 4.68 Å². The van der Waals surface area contributed by atoms with Crippen molar-refractivity contribution in [3.8, 4) is 22.4 Å². The summed E-state index contributed by atoms with van der Waals surface area (Å²) in [5.74, 6) is -0.359. The van der Waals surface area contributed by atoms with Gasteiger partial charge in [0, 0.05) is 24.2 Å². The molecule has 1 heterocycles. The number of carbonyl (C=O) groups excluding carboxylic acids is 1. The summed E-state index contributed by atoms with van der Waals surface area (Å²) in [4.78, 5) is 25.9. The van der Waals surface area contributed by atoms with Crippen LogP contribution in [0.15, 0.2) is 65.5 Å². The molecule has 3 aromatic rings. The van der Waals surface area contributed by atoms with E-state index in [2.05, 4.69) is 10.4 Å². The minimum atomic E-state index is -0.371. The highest BCUT2D eigenvalue weighted by atomic mass is 16.2. The van der Waals surface area contributed by atoms with Crippen molar-refractivity contribution in [3.05, 3.63) is 76.6 Å². The quantitative estimate of drug-likeness (QED) is 0.727. The second-order valence-electron chi connectivity index (χ2n) is 6.21. The van der Waals surface area contributed by atoms with Crippen LogP contribution in [0.4, 0.5) is 0 Å². The molecule has 0 atom stereocenters.